The van der Waals surface area contributed by atoms with Crippen LogP contribution in [0.5, 0.6) is 5.75 Å². The fourth-order valence-electron chi connectivity index (χ4n) is 3.19. The lowest BCUT2D eigenvalue weighted by Crippen LogP contribution is -2.51. The molecule has 10 heteroatoms. The van der Waals surface area contributed by atoms with E-state index in [2.05, 4.69) is 21.2 Å². The van der Waals surface area contributed by atoms with E-state index in [-0.39, 0.29) is 12.5 Å². The second-order valence-corrected chi connectivity index (χ2v) is 10.4. The Morgan fingerprint density at radius 1 is 1.15 bits per heavy atom. The van der Waals surface area contributed by atoms with Gasteiger partial charge in [0.05, 0.1) is 19.1 Å². The minimum absolute atomic E-state index is 0.148. The smallest absolute Gasteiger partial charge is 0.244 e. The fraction of sp³-hybridized carbons (Fsp3) is 0.391. The molecule has 0 heterocycles. The average Bonchev–Trinajstić information content (AvgIpc) is 2.78. The van der Waals surface area contributed by atoms with Gasteiger partial charge in [-0.15, -0.1) is 0 Å². The Kier molecular flexibility index (Phi) is 9.72. The molecule has 2 rings (SSSR count). The van der Waals surface area contributed by atoms with Gasteiger partial charge in [-0.05, 0) is 43.2 Å². The van der Waals surface area contributed by atoms with Crippen LogP contribution in [0.2, 0.25) is 0 Å². The van der Waals surface area contributed by atoms with E-state index in [1.807, 2.05) is 31.2 Å². The topological polar surface area (TPSA) is 96.0 Å². The summed E-state index contributed by atoms with van der Waals surface area (Å²) in [7, 11) is -2.31. The van der Waals surface area contributed by atoms with Crippen molar-refractivity contribution in [2.75, 3.05) is 30.8 Å². The third kappa shape index (κ3) is 7.75. The third-order valence-corrected chi connectivity index (χ3v) is 6.61. The van der Waals surface area contributed by atoms with Crippen molar-refractivity contribution < 1.29 is 22.7 Å². The van der Waals surface area contributed by atoms with E-state index < -0.39 is 28.5 Å². The summed E-state index contributed by atoms with van der Waals surface area (Å²) in [4.78, 5) is 27.5. The average molecular weight is 540 g/mol. The van der Waals surface area contributed by atoms with Gasteiger partial charge in [0.1, 0.15) is 18.3 Å². The zero-order valence-electron chi connectivity index (χ0n) is 19.2. The molecule has 0 radical (unpaired) electrons. The van der Waals surface area contributed by atoms with Gasteiger partial charge in [-0.3, -0.25) is 13.9 Å². The number of hydrogen-bond donors (Lipinski definition) is 1. The predicted octanol–water partition coefficient (Wildman–Crippen LogP) is 3.17. The monoisotopic (exact) mass is 539 g/mol. The number of halogens is 1. The number of hydrogen-bond acceptors (Lipinski definition) is 5. The summed E-state index contributed by atoms with van der Waals surface area (Å²) in [5.41, 5.74) is 1.11. The maximum absolute atomic E-state index is 13.4. The Balaban J connectivity index is 2.38. The SMILES string of the molecule is CCCNC(=O)C(C)N(Cc1cccc(Br)c1)C(=O)CN(c1cccc(OC)c1)S(C)(=O)=O. The molecule has 0 bridgehead atoms. The van der Waals surface area contributed by atoms with Gasteiger partial charge in [-0.1, -0.05) is 41.1 Å². The first-order chi connectivity index (χ1) is 15.6. The van der Waals surface area contributed by atoms with Crippen LogP contribution in [0.15, 0.2) is 53.0 Å². The van der Waals surface area contributed by atoms with Crippen molar-refractivity contribution in [3.8, 4) is 5.75 Å². The number of ether oxygens (including phenoxy) is 1. The molecule has 1 atom stereocenters. The number of sulfonamides is 1. The number of amides is 2. The molecule has 2 aromatic carbocycles. The van der Waals surface area contributed by atoms with Gasteiger partial charge in [-0.25, -0.2) is 8.42 Å². The van der Waals surface area contributed by atoms with Crippen LogP contribution in [0, 0.1) is 0 Å². The molecule has 180 valence electrons. The molecule has 0 aliphatic rings. The van der Waals surface area contributed by atoms with Crippen molar-refractivity contribution in [3.63, 3.8) is 0 Å². The minimum Gasteiger partial charge on any atom is -0.497 e. The van der Waals surface area contributed by atoms with Gasteiger partial charge < -0.3 is 15.0 Å². The van der Waals surface area contributed by atoms with Crippen LogP contribution < -0.4 is 14.4 Å². The zero-order chi connectivity index (χ0) is 24.6. The number of nitrogens with one attached hydrogen (secondary N) is 1. The number of methoxy groups -OCH3 is 1. The van der Waals surface area contributed by atoms with Crippen molar-refractivity contribution in [2.45, 2.75) is 32.9 Å². The van der Waals surface area contributed by atoms with Crippen molar-refractivity contribution in [3.05, 3.63) is 58.6 Å². The summed E-state index contributed by atoms with van der Waals surface area (Å²) < 4.78 is 32.2. The molecule has 2 aromatic rings. The number of anilines is 1. The molecule has 2 amide bonds. The Hall–Kier alpha value is -2.59. The molecule has 0 aromatic heterocycles. The maximum atomic E-state index is 13.4. The van der Waals surface area contributed by atoms with E-state index in [1.165, 1.54) is 12.0 Å². The lowest BCUT2D eigenvalue weighted by Gasteiger charge is -2.31. The van der Waals surface area contributed by atoms with Crippen molar-refractivity contribution in [1.29, 1.82) is 0 Å². The summed E-state index contributed by atoms with van der Waals surface area (Å²) >= 11 is 3.42. The quantitative estimate of drug-likeness (QED) is 0.473. The molecule has 0 fully saturated rings. The van der Waals surface area contributed by atoms with Crippen molar-refractivity contribution in [1.82, 2.24) is 10.2 Å². The van der Waals surface area contributed by atoms with E-state index in [9.17, 15) is 18.0 Å². The fourth-order valence-corrected chi connectivity index (χ4v) is 4.48. The van der Waals surface area contributed by atoms with Gasteiger partial charge in [0.15, 0.2) is 0 Å². The molecule has 0 spiro atoms. The van der Waals surface area contributed by atoms with Crippen LogP contribution in [-0.4, -0.2) is 57.6 Å². The van der Waals surface area contributed by atoms with E-state index in [1.54, 1.807) is 31.2 Å². The first kappa shape index (κ1) is 26.7. The van der Waals surface area contributed by atoms with E-state index >= 15 is 0 Å². The largest absolute Gasteiger partial charge is 0.497 e. The number of rotatable bonds is 11. The third-order valence-electron chi connectivity index (χ3n) is 4.98. The number of carbonyl (C=O) groups is 2. The van der Waals surface area contributed by atoms with Crippen molar-refractivity contribution in [2.24, 2.45) is 0 Å². The van der Waals surface area contributed by atoms with Gasteiger partial charge in [0.25, 0.3) is 0 Å². The van der Waals surface area contributed by atoms with Gasteiger partial charge in [0, 0.05) is 23.6 Å². The number of benzene rings is 2. The Labute approximate surface area is 204 Å². The predicted molar refractivity (Wildman–Crippen MR) is 133 cm³/mol. The molecular formula is C23H30BrN3O5S. The van der Waals surface area contributed by atoms with Crippen LogP contribution in [0.1, 0.15) is 25.8 Å². The Morgan fingerprint density at radius 2 is 1.85 bits per heavy atom. The highest BCUT2D eigenvalue weighted by Crippen LogP contribution is 2.24. The summed E-state index contributed by atoms with van der Waals surface area (Å²) in [6, 6.07) is 13.1. The van der Waals surface area contributed by atoms with Crippen LogP contribution in [0.25, 0.3) is 0 Å². The number of nitrogens with zero attached hydrogens (tertiary/aromatic N) is 2. The van der Waals surface area contributed by atoms with Crippen LogP contribution in [-0.2, 0) is 26.2 Å². The first-order valence-electron chi connectivity index (χ1n) is 10.5. The molecule has 1 unspecified atom stereocenters. The summed E-state index contributed by atoms with van der Waals surface area (Å²) in [5, 5.41) is 2.80. The number of carbonyl (C=O) groups excluding carboxylic acids is 2. The van der Waals surface area contributed by atoms with Gasteiger partial charge in [0.2, 0.25) is 21.8 Å². The molecule has 1 N–H and O–H groups in total. The van der Waals surface area contributed by atoms with Crippen molar-refractivity contribution >= 4 is 43.5 Å². The van der Waals surface area contributed by atoms with Crippen LogP contribution in [0.3, 0.4) is 0 Å². The van der Waals surface area contributed by atoms with Crippen LogP contribution in [0.4, 0.5) is 5.69 Å². The van der Waals surface area contributed by atoms with E-state index in [0.29, 0.717) is 18.0 Å². The molecule has 0 aliphatic heterocycles. The second kappa shape index (κ2) is 12.0. The first-order valence-corrected chi connectivity index (χ1v) is 13.1. The lowest BCUT2D eigenvalue weighted by molar-refractivity contribution is -0.139. The van der Waals surface area contributed by atoms with Crippen LogP contribution >= 0.6 is 15.9 Å². The highest BCUT2D eigenvalue weighted by Gasteiger charge is 2.30. The zero-order valence-corrected chi connectivity index (χ0v) is 21.6. The summed E-state index contributed by atoms with van der Waals surface area (Å²) in [6.07, 6.45) is 1.80. The van der Waals surface area contributed by atoms with E-state index in [4.69, 9.17) is 4.74 Å². The minimum atomic E-state index is -3.79. The Bertz CT molecular complexity index is 1080. The summed E-state index contributed by atoms with van der Waals surface area (Å²) in [5.74, 6) is -0.332. The highest BCUT2D eigenvalue weighted by molar-refractivity contribution is 9.10. The molecule has 0 saturated carbocycles. The standard InChI is InChI=1S/C23H30BrN3O5S/c1-5-12-25-23(29)17(2)26(15-18-8-6-9-19(24)13-18)22(28)16-27(33(4,30)31)20-10-7-11-21(14-20)32-3/h6-11,13-14,17H,5,12,15-16H2,1-4H3,(H,25,29). The molecule has 8 nitrogen and oxygen atoms in total. The lowest BCUT2D eigenvalue weighted by atomic mass is 10.1. The Morgan fingerprint density at radius 3 is 2.45 bits per heavy atom. The van der Waals surface area contributed by atoms with E-state index in [0.717, 1.165) is 27.0 Å². The second-order valence-electron chi connectivity index (χ2n) is 7.59. The normalized spacial score (nSPS) is 12.0. The summed E-state index contributed by atoms with van der Waals surface area (Å²) in [6.45, 7) is 3.76. The van der Waals surface area contributed by atoms with Gasteiger partial charge in [-0.2, -0.15) is 0 Å². The molecule has 0 saturated heterocycles. The molecule has 33 heavy (non-hydrogen) atoms. The highest BCUT2D eigenvalue weighted by atomic mass is 79.9. The van der Waals surface area contributed by atoms with Gasteiger partial charge >= 0.3 is 0 Å². The maximum Gasteiger partial charge on any atom is 0.244 e. The molecular weight excluding hydrogens is 510 g/mol. The molecule has 0 aliphatic carbocycles.